The smallest absolute Gasteiger partial charge is 0.102 e. The van der Waals surface area contributed by atoms with Gasteiger partial charge in [-0.2, -0.15) is 5.26 Å². The summed E-state index contributed by atoms with van der Waals surface area (Å²) in [6.45, 7) is 0. The lowest BCUT2D eigenvalue weighted by atomic mass is 9.86. The van der Waals surface area contributed by atoms with E-state index in [1.165, 1.54) is 0 Å². The largest absolute Gasteiger partial charge is 0.198 e. The van der Waals surface area contributed by atoms with Gasteiger partial charge in [0.2, 0.25) is 0 Å². The van der Waals surface area contributed by atoms with E-state index in [1.54, 1.807) is 0 Å². The monoisotopic (exact) mass is 193 g/mol. The van der Waals surface area contributed by atoms with Gasteiger partial charge in [-0.3, -0.25) is 0 Å². The summed E-state index contributed by atoms with van der Waals surface area (Å²) < 4.78 is -0.243. The standard InChI is InChI=1S/C5H5BrClN/c6-5(7)1-4(2-5)3-8/h4H,1-2H2. The summed E-state index contributed by atoms with van der Waals surface area (Å²) in [4.78, 5) is 0. The number of nitrogens with zero attached hydrogens (tertiary/aromatic N) is 1. The molecular weight excluding hydrogens is 189 g/mol. The Morgan fingerprint density at radius 2 is 2.25 bits per heavy atom. The molecule has 0 atom stereocenters. The van der Waals surface area contributed by atoms with Crippen molar-refractivity contribution in [2.24, 2.45) is 5.92 Å². The second-order valence-corrected chi connectivity index (χ2v) is 4.79. The Morgan fingerprint density at radius 1 is 1.75 bits per heavy atom. The zero-order valence-corrected chi connectivity index (χ0v) is 6.54. The van der Waals surface area contributed by atoms with E-state index in [-0.39, 0.29) is 9.70 Å². The number of hydrogen-bond donors (Lipinski definition) is 0. The average molecular weight is 194 g/mol. The van der Waals surface area contributed by atoms with Crippen LogP contribution in [0.1, 0.15) is 12.8 Å². The van der Waals surface area contributed by atoms with Crippen molar-refractivity contribution >= 4 is 27.5 Å². The Balaban J connectivity index is 2.34. The molecule has 1 nitrogen and oxygen atoms in total. The van der Waals surface area contributed by atoms with Crippen LogP contribution in [0.25, 0.3) is 0 Å². The van der Waals surface area contributed by atoms with E-state index in [4.69, 9.17) is 16.9 Å². The van der Waals surface area contributed by atoms with Crippen molar-refractivity contribution in [3.8, 4) is 6.07 Å². The van der Waals surface area contributed by atoms with Crippen molar-refractivity contribution in [1.82, 2.24) is 0 Å². The molecule has 1 aliphatic rings. The Bertz CT molecular complexity index is 130. The first kappa shape index (κ1) is 6.38. The van der Waals surface area contributed by atoms with Crippen LogP contribution in [0.5, 0.6) is 0 Å². The van der Waals surface area contributed by atoms with Crippen LogP contribution >= 0.6 is 27.5 Å². The Labute approximate surface area is 61.8 Å². The van der Waals surface area contributed by atoms with Crippen LogP contribution in [-0.2, 0) is 0 Å². The summed E-state index contributed by atoms with van der Waals surface area (Å²) in [6, 6.07) is 2.14. The molecule has 0 heterocycles. The van der Waals surface area contributed by atoms with E-state index in [0.717, 1.165) is 12.8 Å². The molecule has 0 saturated heterocycles. The average Bonchev–Trinajstić information content (AvgIpc) is 1.60. The molecule has 0 amide bonds. The van der Waals surface area contributed by atoms with Gasteiger partial charge >= 0.3 is 0 Å². The maximum absolute atomic E-state index is 8.29. The molecule has 0 aliphatic heterocycles. The quantitative estimate of drug-likeness (QED) is 0.543. The van der Waals surface area contributed by atoms with E-state index in [9.17, 15) is 0 Å². The highest BCUT2D eigenvalue weighted by atomic mass is 79.9. The van der Waals surface area contributed by atoms with Crippen LogP contribution in [-0.4, -0.2) is 3.78 Å². The molecule has 0 spiro atoms. The van der Waals surface area contributed by atoms with Gasteiger partial charge in [0, 0.05) is 0 Å². The number of halogens is 2. The molecule has 8 heavy (non-hydrogen) atoms. The highest BCUT2D eigenvalue weighted by Crippen LogP contribution is 2.47. The van der Waals surface area contributed by atoms with Crippen LogP contribution in [0.4, 0.5) is 0 Å². The summed E-state index contributed by atoms with van der Waals surface area (Å²) in [5.74, 6) is 0.187. The summed E-state index contributed by atoms with van der Waals surface area (Å²) >= 11 is 9.00. The third-order valence-electron chi connectivity index (χ3n) is 1.27. The molecular formula is C5H5BrClN. The predicted octanol–water partition coefficient (Wildman–Crippen LogP) is 2.25. The molecule has 0 aromatic carbocycles. The fourth-order valence-corrected chi connectivity index (χ4v) is 1.91. The van der Waals surface area contributed by atoms with Crippen molar-refractivity contribution < 1.29 is 0 Å². The molecule has 1 saturated carbocycles. The first-order chi connectivity index (χ1) is 3.64. The van der Waals surface area contributed by atoms with Gasteiger partial charge in [-0.15, -0.1) is 11.6 Å². The van der Waals surface area contributed by atoms with E-state index in [2.05, 4.69) is 22.0 Å². The maximum Gasteiger partial charge on any atom is 0.102 e. The van der Waals surface area contributed by atoms with Crippen LogP contribution in [0.3, 0.4) is 0 Å². The second kappa shape index (κ2) is 1.89. The van der Waals surface area contributed by atoms with Crippen molar-refractivity contribution in [3.63, 3.8) is 0 Å². The van der Waals surface area contributed by atoms with Crippen LogP contribution in [0.15, 0.2) is 0 Å². The molecule has 0 unspecified atom stereocenters. The highest BCUT2D eigenvalue weighted by molar-refractivity contribution is 9.10. The molecule has 0 aromatic heterocycles. The van der Waals surface area contributed by atoms with E-state index < -0.39 is 0 Å². The minimum absolute atomic E-state index is 0.187. The third-order valence-corrected chi connectivity index (χ3v) is 2.23. The topological polar surface area (TPSA) is 23.8 Å². The lowest BCUT2D eigenvalue weighted by molar-refractivity contribution is 0.382. The second-order valence-electron chi connectivity index (χ2n) is 2.09. The van der Waals surface area contributed by atoms with Gasteiger partial charge in [-0.1, -0.05) is 15.9 Å². The van der Waals surface area contributed by atoms with Gasteiger partial charge in [-0.05, 0) is 12.8 Å². The minimum Gasteiger partial charge on any atom is -0.198 e. The molecule has 44 valence electrons. The normalized spacial score (nSPS) is 44.9. The number of nitriles is 1. The van der Waals surface area contributed by atoms with Gasteiger partial charge in [0.15, 0.2) is 0 Å². The fourth-order valence-electron chi connectivity index (χ4n) is 0.752. The SMILES string of the molecule is N#CC1CC(Cl)(Br)C1. The van der Waals surface area contributed by atoms with Crippen molar-refractivity contribution in [2.75, 3.05) is 0 Å². The van der Waals surface area contributed by atoms with Crippen LogP contribution in [0.2, 0.25) is 0 Å². The summed E-state index contributed by atoms with van der Waals surface area (Å²) in [6.07, 6.45) is 1.57. The molecule has 0 N–H and O–H groups in total. The summed E-state index contributed by atoms with van der Waals surface area (Å²) in [5.41, 5.74) is 0. The molecule has 0 aromatic rings. The predicted molar refractivity (Wildman–Crippen MR) is 35.8 cm³/mol. The minimum atomic E-state index is -0.243. The highest BCUT2D eigenvalue weighted by Gasteiger charge is 2.40. The van der Waals surface area contributed by atoms with Crippen molar-refractivity contribution in [2.45, 2.75) is 16.6 Å². The van der Waals surface area contributed by atoms with Crippen molar-refractivity contribution in [3.05, 3.63) is 0 Å². The molecule has 0 bridgehead atoms. The first-order valence-corrected chi connectivity index (χ1v) is 3.58. The Hall–Kier alpha value is 0.260. The number of rotatable bonds is 0. The summed E-state index contributed by atoms with van der Waals surface area (Å²) in [7, 11) is 0. The van der Waals surface area contributed by atoms with Crippen molar-refractivity contribution in [1.29, 1.82) is 5.26 Å². The zero-order valence-electron chi connectivity index (χ0n) is 4.19. The molecule has 3 heteroatoms. The van der Waals surface area contributed by atoms with E-state index >= 15 is 0 Å². The Morgan fingerprint density at radius 3 is 2.38 bits per heavy atom. The van der Waals surface area contributed by atoms with Gasteiger partial charge in [0.05, 0.1) is 12.0 Å². The molecule has 0 radical (unpaired) electrons. The molecule has 1 rings (SSSR count). The first-order valence-electron chi connectivity index (χ1n) is 2.41. The van der Waals surface area contributed by atoms with Gasteiger partial charge in [-0.25, -0.2) is 0 Å². The molecule has 1 fully saturated rings. The van der Waals surface area contributed by atoms with Gasteiger partial charge < -0.3 is 0 Å². The summed E-state index contributed by atoms with van der Waals surface area (Å²) in [5, 5.41) is 8.29. The van der Waals surface area contributed by atoms with Gasteiger partial charge in [0.1, 0.15) is 3.78 Å². The third kappa shape index (κ3) is 1.15. The lowest BCUT2D eigenvalue weighted by Crippen LogP contribution is -2.31. The van der Waals surface area contributed by atoms with Crippen LogP contribution < -0.4 is 0 Å². The lowest BCUT2D eigenvalue weighted by Gasteiger charge is -2.33. The Kier molecular flexibility index (Phi) is 1.51. The van der Waals surface area contributed by atoms with Gasteiger partial charge in [0.25, 0.3) is 0 Å². The number of alkyl halides is 2. The maximum atomic E-state index is 8.29. The molecule has 1 aliphatic carbocycles. The van der Waals surface area contributed by atoms with Crippen LogP contribution in [0, 0.1) is 17.2 Å². The zero-order chi connectivity index (χ0) is 6.20. The van der Waals surface area contributed by atoms with E-state index in [1.807, 2.05) is 0 Å². The number of hydrogen-bond acceptors (Lipinski definition) is 1. The van der Waals surface area contributed by atoms with E-state index in [0.29, 0.717) is 0 Å². The fraction of sp³-hybridized carbons (Fsp3) is 0.800.